The summed E-state index contributed by atoms with van der Waals surface area (Å²) in [5.41, 5.74) is 1.93. The van der Waals surface area contributed by atoms with Crippen LogP contribution in [0.1, 0.15) is 18.9 Å². The van der Waals surface area contributed by atoms with Crippen molar-refractivity contribution < 1.29 is 8.78 Å². The molecule has 0 amide bonds. The second-order valence-electron chi connectivity index (χ2n) is 7.23. The number of aryl methyl sites for hydroxylation is 1. The number of fused-ring (bicyclic) bond motifs is 1. The topological polar surface area (TPSA) is 50.7 Å². The van der Waals surface area contributed by atoms with Gasteiger partial charge in [-0.05, 0) is 29.3 Å². The number of aromatic nitrogens is 2. The molecule has 132 valence electrons. The maximum absolute atomic E-state index is 13.6. The number of rotatable bonds is 3. The second-order valence-corrected chi connectivity index (χ2v) is 7.23. The number of nitriles is 1. The quantitative estimate of drug-likeness (QED) is 0.716. The van der Waals surface area contributed by atoms with Gasteiger partial charge in [0.25, 0.3) is 5.92 Å². The van der Waals surface area contributed by atoms with Crippen LogP contribution in [0.4, 0.5) is 8.78 Å². The van der Waals surface area contributed by atoms with Crippen molar-refractivity contribution in [2.24, 2.45) is 12.5 Å². The zero-order valence-electron chi connectivity index (χ0n) is 14.5. The van der Waals surface area contributed by atoms with Crippen LogP contribution in [0.5, 0.6) is 0 Å². The molecular weight excluding hydrogens is 336 g/mol. The Hall–Kier alpha value is -2.94. The number of nitrogens with zero attached hydrogens (tertiary/aromatic N) is 3. The van der Waals surface area contributed by atoms with Crippen LogP contribution in [-0.4, -0.2) is 15.1 Å². The summed E-state index contributed by atoms with van der Waals surface area (Å²) in [5, 5.41) is 9.30. The molecule has 6 heteroatoms. The summed E-state index contributed by atoms with van der Waals surface area (Å²) in [7, 11) is 1.63. The Labute approximate surface area is 148 Å². The van der Waals surface area contributed by atoms with E-state index in [1.54, 1.807) is 25.2 Å². The molecule has 0 aliphatic heterocycles. The number of alkyl halides is 2. The van der Waals surface area contributed by atoms with Crippen molar-refractivity contribution in [3.05, 3.63) is 58.5 Å². The second kappa shape index (κ2) is 5.28. The normalized spacial score (nSPS) is 20.9. The Kier molecular flexibility index (Phi) is 3.35. The molecular formula is C20H17F2N3O. The van der Waals surface area contributed by atoms with E-state index >= 15 is 0 Å². The van der Waals surface area contributed by atoms with Crippen molar-refractivity contribution in [3.8, 4) is 17.2 Å². The number of benzene rings is 2. The van der Waals surface area contributed by atoms with Crippen LogP contribution < -0.4 is 5.69 Å². The van der Waals surface area contributed by atoms with Crippen LogP contribution in [0.25, 0.3) is 22.2 Å². The van der Waals surface area contributed by atoms with Crippen molar-refractivity contribution in [1.82, 2.24) is 9.13 Å². The Bertz CT molecular complexity index is 1140. The first-order valence-corrected chi connectivity index (χ1v) is 8.34. The van der Waals surface area contributed by atoms with E-state index in [1.165, 1.54) is 16.1 Å². The summed E-state index contributed by atoms with van der Waals surface area (Å²) in [6, 6.07) is 14.8. The van der Waals surface area contributed by atoms with E-state index in [0.29, 0.717) is 16.6 Å². The van der Waals surface area contributed by atoms with Crippen LogP contribution in [0.3, 0.4) is 0 Å². The third kappa shape index (κ3) is 2.27. The largest absolute Gasteiger partial charge is 0.328 e. The maximum Gasteiger partial charge on any atom is 0.328 e. The predicted octanol–water partition coefficient (Wildman–Crippen LogP) is 3.92. The van der Waals surface area contributed by atoms with Gasteiger partial charge in [-0.2, -0.15) is 5.26 Å². The molecule has 26 heavy (non-hydrogen) atoms. The number of imidazole rings is 1. The fraction of sp³-hybridized carbons (Fsp3) is 0.300. The third-order valence-electron chi connectivity index (χ3n) is 5.38. The van der Waals surface area contributed by atoms with Crippen molar-refractivity contribution in [2.45, 2.75) is 25.8 Å². The molecule has 1 fully saturated rings. The summed E-state index contributed by atoms with van der Waals surface area (Å²) in [4.78, 5) is 12.6. The molecule has 1 aliphatic carbocycles. The summed E-state index contributed by atoms with van der Waals surface area (Å²) >= 11 is 0. The van der Waals surface area contributed by atoms with Crippen molar-refractivity contribution >= 4 is 11.0 Å². The van der Waals surface area contributed by atoms with E-state index in [4.69, 9.17) is 0 Å². The SMILES string of the molecule is Cn1c(=O)n(C[C@@]2(C)CC2(F)F)c2ccc(-c3ccccc3C#N)cc21. The summed E-state index contributed by atoms with van der Waals surface area (Å²) in [6.07, 6.45) is -0.198. The van der Waals surface area contributed by atoms with Crippen molar-refractivity contribution in [3.63, 3.8) is 0 Å². The molecule has 1 heterocycles. The number of hydrogen-bond acceptors (Lipinski definition) is 2. The number of halogens is 2. The van der Waals surface area contributed by atoms with E-state index in [1.807, 2.05) is 24.3 Å². The fourth-order valence-electron chi connectivity index (χ4n) is 3.53. The molecule has 2 aromatic carbocycles. The zero-order valence-corrected chi connectivity index (χ0v) is 14.5. The fourth-order valence-corrected chi connectivity index (χ4v) is 3.53. The van der Waals surface area contributed by atoms with Crippen LogP contribution in [0.2, 0.25) is 0 Å². The molecule has 0 bridgehead atoms. The standard InChI is InChI=1S/C20H17F2N3O/c1-19(11-20(19,21)22)12-25-16-8-7-13(9-17(16)24(2)18(25)26)15-6-4-3-5-14(15)10-23/h3-9H,11-12H2,1-2H3/t19-/m1/s1. The summed E-state index contributed by atoms with van der Waals surface area (Å²) in [5.74, 6) is -2.72. The molecule has 1 aromatic heterocycles. The smallest absolute Gasteiger partial charge is 0.295 e. The lowest BCUT2D eigenvalue weighted by molar-refractivity contribution is 0.0637. The minimum Gasteiger partial charge on any atom is -0.295 e. The Balaban J connectivity index is 1.85. The van der Waals surface area contributed by atoms with E-state index in [0.717, 1.165) is 11.1 Å². The van der Waals surface area contributed by atoms with Gasteiger partial charge in [-0.1, -0.05) is 31.2 Å². The highest BCUT2D eigenvalue weighted by Crippen LogP contribution is 2.61. The zero-order chi connectivity index (χ0) is 18.7. The first-order valence-electron chi connectivity index (χ1n) is 8.34. The first kappa shape index (κ1) is 16.5. The predicted molar refractivity (Wildman–Crippen MR) is 95.0 cm³/mol. The van der Waals surface area contributed by atoms with Crippen LogP contribution in [0, 0.1) is 16.7 Å². The molecule has 1 saturated carbocycles. The van der Waals surface area contributed by atoms with Gasteiger partial charge in [-0.25, -0.2) is 13.6 Å². The van der Waals surface area contributed by atoms with Gasteiger partial charge in [0.05, 0.1) is 28.1 Å². The minimum atomic E-state index is -2.72. The first-order chi connectivity index (χ1) is 12.3. The van der Waals surface area contributed by atoms with Gasteiger partial charge in [-0.15, -0.1) is 0 Å². The van der Waals surface area contributed by atoms with Crippen LogP contribution in [-0.2, 0) is 13.6 Å². The lowest BCUT2D eigenvalue weighted by Gasteiger charge is -2.11. The molecule has 0 N–H and O–H groups in total. The van der Waals surface area contributed by atoms with Gasteiger partial charge in [0.2, 0.25) is 0 Å². The van der Waals surface area contributed by atoms with Gasteiger partial charge < -0.3 is 0 Å². The molecule has 0 unspecified atom stereocenters. The van der Waals surface area contributed by atoms with E-state index in [2.05, 4.69) is 6.07 Å². The highest BCUT2D eigenvalue weighted by Gasteiger charge is 2.68. The maximum atomic E-state index is 13.6. The Morgan fingerprint density at radius 3 is 2.54 bits per heavy atom. The van der Waals surface area contributed by atoms with Crippen molar-refractivity contribution in [2.75, 3.05) is 0 Å². The van der Waals surface area contributed by atoms with E-state index in [9.17, 15) is 18.8 Å². The van der Waals surface area contributed by atoms with Crippen LogP contribution >= 0.6 is 0 Å². The number of hydrogen-bond donors (Lipinski definition) is 0. The van der Waals surface area contributed by atoms with Gasteiger partial charge in [0, 0.05) is 20.0 Å². The molecule has 0 spiro atoms. The van der Waals surface area contributed by atoms with E-state index < -0.39 is 11.3 Å². The highest BCUT2D eigenvalue weighted by atomic mass is 19.3. The van der Waals surface area contributed by atoms with Gasteiger partial charge in [0.1, 0.15) is 0 Å². The highest BCUT2D eigenvalue weighted by molar-refractivity contribution is 5.84. The average Bonchev–Trinajstić information content (AvgIpc) is 3.05. The Morgan fingerprint density at radius 1 is 1.19 bits per heavy atom. The molecule has 0 radical (unpaired) electrons. The minimum absolute atomic E-state index is 0.00962. The van der Waals surface area contributed by atoms with Gasteiger partial charge in [-0.3, -0.25) is 9.13 Å². The third-order valence-corrected chi connectivity index (χ3v) is 5.38. The lowest BCUT2D eigenvalue weighted by Crippen LogP contribution is -2.27. The summed E-state index contributed by atoms with van der Waals surface area (Å²) in [6.45, 7) is 1.50. The molecule has 4 rings (SSSR count). The molecule has 3 aromatic rings. The van der Waals surface area contributed by atoms with Crippen LogP contribution in [0.15, 0.2) is 47.3 Å². The Morgan fingerprint density at radius 2 is 1.88 bits per heavy atom. The average molecular weight is 353 g/mol. The molecule has 4 nitrogen and oxygen atoms in total. The molecule has 1 aliphatic rings. The lowest BCUT2D eigenvalue weighted by atomic mass is 10.00. The molecule has 1 atom stereocenters. The van der Waals surface area contributed by atoms with Gasteiger partial charge >= 0.3 is 5.69 Å². The summed E-state index contributed by atoms with van der Waals surface area (Å²) < 4.78 is 30.1. The van der Waals surface area contributed by atoms with Crippen molar-refractivity contribution in [1.29, 1.82) is 5.26 Å². The van der Waals surface area contributed by atoms with Gasteiger partial charge in [0.15, 0.2) is 0 Å². The van der Waals surface area contributed by atoms with E-state index in [-0.39, 0.29) is 18.7 Å². The monoisotopic (exact) mass is 353 g/mol. The molecule has 0 saturated heterocycles.